The molecule has 0 saturated heterocycles. The van der Waals surface area contributed by atoms with Crippen LogP contribution in [0.2, 0.25) is 9.36 Å². The Morgan fingerprint density at radius 3 is 2.49 bits per heavy atom. The highest BCUT2D eigenvalue weighted by molar-refractivity contribution is 7.92. The molecule has 1 aromatic carbocycles. The Hall–Kier alpha value is -2.61. The van der Waals surface area contributed by atoms with E-state index in [-0.39, 0.29) is 25.7 Å². The van der Waals surface area contributed by atoms with Gasteiger partial charge in [0.15, 0.2) is 0 Å². The first-order chi connectivity index (χ1) is 17.3. The number of aryl methyl sites for hydroxylation is 1. The Morgan fingerprint density at radius 1 is 1.16 bits per heavy atom. The third-order valence-corrected chi connectivity index (χ3v) is 9.20. The van der Waals surface area contributed by atoms with Gasteiger partial charge >= 0.3 is 12.2 Å². The van der Waals surface area contributed by atoms with Crippen molar-refractivity contribution in [1.29, 1.82) is 0 Å². The number of carbonyl (C=O) groups excluding carboxylic acids is 1. The first-order valence-electron chi connectivity index (χ1n) is 10.7. The molecule has 2 N–H and O–H groups in total. The highest BCUT2D eigenvalue weighted by Crippen LogP contribution is 2.35. The summed E-state index contributed by atoms with van der Waals surface area (Å²) in [6, 6.07) is 4.55. The van der Waals surface area contributed by atoms with Gasteiger partial charge in [-0.25, -0.2) is 22.3 Å². The molecule has 2 aromatic heterocycles. The van der Waals surface area contributed by atoms with Gasteiger partial charge in [-0.3, -0.25) is 4.68 Å². The Balaban J connectivity index is 1.48. The Kier molecular flexibility index (Phi) is 7.88. The molecule has 3 aromatic rings. The molecule has 1 aliphatic rings. The van der Waals surface area contributed by atoms with Gasteiger partial charge in [0.1, 0.15) is 14.4 Å². The van der Waals surface area contributed by atoms with E-state index in [4.69, 9.17) is 23.2 Å². The predicted octanol–water partition coefficient (Wildman–Crippen LogP) is 6.02. The minimum absolute atomic E-state index is 0.0178. The molecular formula is C22H18Cl2F4N4O3S2. The van der Waals surface area contributed by atoms with E-state index in [1.54, 1.807) is 10.9 Å². The van der Waals surface area contributed by atoms with Crippen LogP contribution in [0, 0.1) is 0 Å². The Morgan fingerprint density at radius 2 is 1.86 bits per heavy atom. The van der Waals surface area contributed by atoms with Gasteiger partial charge in [0.05, 0.1) is 35.6 Å². The molecule has 7 nitrogen and oxygen atoms in total. The standard InChI is InChI=1S/C22H18Cl2F4N4O3S2/c23-16-8-18(36-20(16)24)37(34,35)31-21(33)29-10-17(25)15-3-1-2-13-9-30-32(19(13)15)11-12-4-6-14(7-5-12)22(26,27)28/h4-9H,1-3,10-11H2,(H2,29,31,33). The zero-order chi connectivity index (χ0) is 27.0. The van der Waals surface area contributed by atoms with Crippen molar-refractivity contribution >= 4 is 56.2 Å². The number of hydrogen-bond donors (Lipinski definition) is 2. The second kappa shape index (κ2) is 10.6. The Labute approximate surface area is 223 Å². The van der Waals surface area contributed by atoms with E-state index < -0.39 is 40.2 Å². The van der Waals surface area contributed by atoms with Gasteiger partial charge in [-0.2, -0.15) is 18.3 Å². The zero-order valence-electron chi connectivity index (χ0n) is 18.7. The summed E-state index contributed by atoms with van der Waals surface area (Å²) in [7, 11) is -4.26. The maximum atomic E-state index is 15.2. The molecule has 0 unspecified atom stereocenters. The molecule has 0 spiro atoms. The molecular weight excluding hydrogens is 579 g/mol. The molecule has 0 fully saturated rings. The number of urea groups is 1. The average Bonchev–Trinajstić information content (AvgIpc) is 3.40. The number of halogens is 6. The molecule has 37 heavy (non-hydrogen) atoms. The smallest absolute Gasteiger partial charge is 0.331 e. The summed E-state index contributed by atoms with van der Waals surface area (Å²) >= 11 is 12.2. The summed E-state index contributed by atoms with van der Waals surface area (Å²) in [5, 5.41) is 6.48. The number of amides is 2. The lowest BCUT2D eigenvalue weighted by atomic mass is 9.92. The van der Waals surface area contributed by atoms with Gasteiger partial charge in [0, 0.05) is 5.57 Å². The number of nitrogens with one attached hydrogen (secondary N) is 2. The van der Waals surface area contributed by atoms with Gasteiger partial charge in [-0.15, -0.1) is 11.3 Å². The van der Waals surface area contributed by atoms with Crippen molar-refractivity contribution in [2.45, 2.75) is 36.2 Å². The topological polar surface area (TPSA) is 93.1 Å². The fourth-order valence-electron chi connectivity index (χ4n) is 3.82. The van der Waals surface area contributed by atoms with Gasteiger partial charge in [0.25, 0.3) is 10.0 Å². The summed E-state index contributed by atoms with van der Waals surface area (Å²) in [6.45, 7) is -0.476. The van der Waals surface area contributed by atoms with Crippen LogP contribution in [-0.4, -0.2) is 30.8 Å². The van der Waals surface area contributed by atoms with E-state index in [2.05, 4.69) is 10.4 Å². The number of benzene rings is 1. The van der Waals surface area contributed by atoms with E-state index in [0.717, 1.165) is 23.8 Å². The summed E-state index contributed by atoms with van der Waals surface area (Å²) in [4.78, 5) is 12.2. The number of alkyl halides is 3. The third-order valence-electron chi connectivity index (χ3n) is 5.53. The first-order valence-corrected chi connectivity index (χ1v) is 13.7. The highest BCUT2D eigenvalue weighted by Gasteiger charge is 2.30. The maximum Gasteiger partial charge on any atom is 0.416 e. The lowest BCUT2D eigenvalue weighted by molar-refractivity contribution is -0.137. The van der Waals surface area contributed by atoms with Crippen molar-refractivity contribution in [3.05, 3.63) is 74.1 Å². The van der Waals surface area contributed by atoms with Crippen LogP contribution in [0.15, 0.2) is 46.6 Å². The van der Waals surface area contributed by atoms with Crippen LogP contribution >= 0.6 is 34.5 Å². The van der Waals surface area contributed by atoms with E-state index in [1.165, 1.54) is 16.8 Å². The van der Waals surface area contributed by atoms with Gasteiger partial charge in [0.2, 0.25) is 0 Å². The number of carbonyl (C=O) groups is 1. The monoisotopic (exact) mass is 596 g/mol. The lowest BCUT2D eigenvalue weighted by Gasteiger charge is -2.19. The minimum Gasteiger partial charge on any atom is -0.331 e. The number of hydrogen-bond acceptors (Lipinski definition) is 5. The highest BCUT2D eigenvalue weighted by atomic mass is 35.5. The van der Waals surface area contributed by atoms with E-state index in [9.17, 15) is 26.4 Å². The number of allylic oxidation sites excluding steroid dienone is 1. The van der Waals surface area contributed by atoms with Crippen LogP contribution in [0.3, 0.4) is 0 Å². The molecule has 0 atom stereocenters. The molecule has 2 amide bonds. The van der Waals surface area contributed by atoms with Crippen molar-refractivity contribution in [3.63, 3.8) is 0 Å². The number of nitrogens with zero attached hydrogens (tertiary/aromatic N) is 2. The summed E-state index contributed by atoms with van der Waals surface area (Å²) < 4.78 is 81.4. The molecule has 2 heterocycles. The minimum atomic E-state index is -4.45. The second-order valence-electron chi connectivity index (χ2n) is 8.08. The molecule has 0 radical (unpaired) electrons. The van der Waals surface area contributed by atoms with E-state index in [1.807, 2.05) is 0 Å². The number of thiophene rings is 1. The van der Waals surface area contributed by atoms with Crippen molar-refractivity contribution in [2.75, 3.05) is 6.54 Å². The van der Waals surface area contributed by atoms with Crippen molar-refractivity contribution in [1.82, 2.24) is 19.8 Å². The first kappa shape index (κ1) is 27.4. The largest absolute Gasteiger partial charge is 0.416 e. The molecule has 198 valence electrons. The number of fused-ring (bicyclic) bond motifs is 1. The summed E-state index contributed by atoms with van der Waals surface area (Å²) in [5.41, 5.74) is 1.30. The number of aromatic nitrogens is 2. The van der Waals surface area contributed by atoms with E-state index in [0.29, 0.717) is 41.9 Å². The van der Waals surface area contributed by atoms with Crippen LogP contribution in [-0.2, 0) is 29.2 Å². The SMILES string of the molecule is O=C(NCC(F)=C1CCCc2cnn(Cc3ccc(C(F)(F)F)cc3)c21)NS(=O)(=O)c1cc(Cl)c(Cl)s1. The molecule has 15 heteroatoms. The van der Waals surface area contributed by atoms with Crippen LogP contribution in [0.4, 0.5) is 22.4 Å². The molecule has 4 rings (SSSR count). The average molecular weight is 597 g/mol. The van der Waals surface area contributed by atoms with Crippen molar-refractivity contribution in [2.24, 2.45) is 0 Å². The van der Waals surface area contributed by atoms with Crippen LogP contribution in [0.1, 0.15) is 35.2 Å². The van der Waals surface area contributed by atoms with Crippen LogP contribution in [0.25, 0.3) is 5.57 Å². The van der Waals surface area contributed by atoms with E-state index >= 15 is 4.39 Å². The quantitative estimate of drug-likeness (QED) is 0.340. The van der Waals surface area contributed by atoms with Crippen LogP contribution < -0.4 is 10.0 Å². The summed E-state index contributed by atoms with van der Waals surface area (Å²) in [6.07, 6.45) is -1.27. The second-order valence-corrected chi connectivity index (χ2v) is 12.1. The van der Waals surface area contributed by atoms with Crippen molar-refractivity contribution < 1.29 is 30.8 Å². The lowest BCUT2D eigenvalue weighted by Crippen LogP contribution is -2.39. The number of rotatable bonds is 6. The van der Waals surface area contributed by atoms with Gasteiger partial charge in [-0.05, 0) is 48.6 Å². The Bertz CT molecular complexity index is 1450. The molecule has 0 bridgehead atoms. The molecule has 1 aliphatic carbocycles. The van der Waals surface area contributed by atoms with Crippen LogP contribution in [0.5, 0.6) is 0 Å². The molecule has 0 aliphatic heterocycles. The normalized spacial score (nSPS) is 15.3. The van der Waals surface area contributed by atoms with Gasteiger partial charge in [-0.1, -0.05) is 35.3 Å². The van der Waals surface area contributed by atoms with Crippen molar-refractivity contribution in [3.8, 4) is 0 Å². The molecule has 0 saturated carbocycles. The predicted molar refractivity (Wildman–Crippen MR) is 132 cm³/mol. The maximum absolute atomic E-state index is 15.2. The number of sulfonamides is 1. The van der Waals surface area contributed by atoms with Gasteiger partial charge < -0.3 is 5.32 Å². The fraction of sp³-hybridized carbons (Fsp3) is 0.273. The fourth-order valence-corrected chi connectivity index (χ4v) is 6.63. The summed E-state index contributed by atoms with van der Waals surface area (Å²) in [5.74, 6) is -0.690. The third kappa shape index (κ3) is 6.28. The zero-order valence-corrected chi connectivity index (χ0v) is 21.8.